The van der Waals surface area contributed by atoms with Crippen LogP contribution in [0.4, 0.5) is 28.9 Å². The van der Waals surface area contributed by atoms with Crippen molar-refractivity contribution in [2.24, 2.45) is 0 Å². The van der Waals surface area contributed by atoms with Crippen LogP contribution in [0.15, 0.2) is 71.7 Å². The number of amides is 6. The van der Waals surface area contributed by atoms with Crippen molar-refractivity contribution < 1.29 is 46.3 Å². The number of nitrogens with zero attached hydrogens (tertiary/aromatic N) is 3. The summed E-state index contributed by atoms with van der Waals surface area (Å²) >= 11 is 0. The number of aromatic amines is 1. The van der Waals surface area contributed by atoms with Crippen molar-refractivity contribution in [1.82, 2.24) is 25.4 Å². The molecule has 0 aliphatic carbocycles. The van der Waals surface area contributed by atoms with Crippen LogP contribution in [0.25, 0.3) is 11.1 Å². The number of hydrogen-bond donors (Lipinski definition) is 4. The number of rotatable bonds is 16. The maximum absolute atomic E-state index is 15.8. The van der Waals surface area contributed by atoms with Crippen molar-refractivity contribution in [3.8, 4) is 11.1 Å². The van der Waals surface area contributed by atoms with Gasteiger partial charge < -0.3 is 20.5 Å². The van der Waals surface area contributed by atoms with Crippen LogP contribution in [0.5, 0.6) is 0 Å². The molecule has 6 amide bonds. The minimum Gasteiger partial charge on any atom is -0.367 e. The summed E-state index contributed by atoms with van der Waals surface area (Å²) in [7, 11) is 1.99. The third-order valence-electron chi connectivity index (χ3n) is 12.9. The first-order valence-corrected chi connectivity index (χ1v) is 22.6. The topological polar surface area (TPSA) is 181 Å². The van der Waals surface area contributed by atoms with Crippen molar-refractivity contribution in [3.63, 3.8) is 0 Å². The standard InChI is InChI=1S/C49H53F4N7O7/c1-28-26-59(27-29(2)58(28)3)39-18-16-31(23-38(39)56-45(64)35-25-55-42(62)24-36(35)49(51,52)53)33-17-15-32(22-37(33)50)44(63)54-21-10-8-6-4-5-7-9-12-30-13-11-14-34-43(30)48(67)60(47(34)66)40-19-20-41(61)57-46(40)65/h11,13-18,22-25,28-29,40H,4-10,12,19-21,26-27H2,1-3H3,(H,54,63)(H,55,62)(H,56,64)(H,57,61,65)/t28-,29+,40?. The summed E-state index contributed by atoms with van der Waals surface area (Å²) in [5.41, 5.74) is -0.671. The molecule has 1 unspecified atom stereocenters. The molecule has 3 aliphatic heterocycles. The Morgan fingerprint density at radius 1 is 0.806 bits per heavy atom. The van der Waals surface area contributed by atoms with E-state index in [0.29, 0.717) is 55.4 Å². The van der Waals surface area contributed by atoms with Gasteiger partial charge >= 0.3 is 6.18 Å². The molecule has 0 bridgehead atoms. The van der Waals surface area contributed by atoms with E-state index in [2.05, 4.69) is 25.8 Å². The van der Waals surface area contributed by atoms with Crippen LogP contribution in [0.2, 0.25) is 0 Å². The van der Waals surface area contributed by atoms with E-state index in [4.69, 9.17) is 0 Å². The van der Waals surface area contributed by atoms with E-state index < -0.39 is 70.2 Å². The molecule has 4 N–H and O–H groups in total. The number of carbonyl (C=O) groups is 6. The average Bonchev–Trinajstić information content (AvgIpc) is 3.54. The lowest BCUT2D eigenvalue weighted by Crippen LogP contribution is -2.55. The summed E-state index contributed by atoms with van der Waals surface area (Å²) in [6, 6.07) is 13.5. The zero-order valence-corrected chi connectivity index (χ0v) is 37.5. The maximum atomic E-state index is 15.8. The van der Waals surface area contributed by atoms with E-state index in [9.17, 15) is 46.7 Å². The zero-order chi connectivity index (χ0) is 48.2. The number of aryl methyl sites for hydroxylation is 1. The Morgan fingerprint density at radius 3 is 2.19 bits per heavy atom. The lowest BCUT2D eigenvalue weighted by atomic mass is 9.97. The van der Waals surface area contributed by atoms with Crippen molar-refractivity contribution >= 4 is 46.8 Å². The number of halogens is 4. The van der Waals surface area contributed by atoms with Gasteiger partial charge in [0, 0.05) is 61.5 Å². The van der Waals surface area contributed by atoms with Crippen LogP contribution in [-0.2, 0) is 22.2 Å². The quantitative estimate of drug-likeness (QED) is 0.0519. The van der Waals surface area contributed by atoms with Crippen LogP contribution >= 0.6 is 0 Å². The predicted octanol–water partition coefficient (Wildman–Crippen LogP) is 7.09. The summed E-state index contributed by atoms with van der Waals surface area (Å²) in [4.78, 5) is 96.1. The van der Waals surface area contributed by atoms with Gasteiger partial charge in [-0.2, -0.15) is 13.2 Å². The highest BCUT2D eigenvalue weighted by Gasteiger charge is 2.45. The molecule has 2 fully saturated rings. The zero-order valence-electron chi connectivity index (χ0n) is 37.5. The van der Waals surface area contributed by atoms with Crippen LogP contribution in [0, 0.1) is 5.82 Å². The minimum atomic E-state index is -4.98. The number of unbranched alkanes of at least 4 members (excludes halogenated alkanes) is 6. The monoisotopic (exact) mass is 927 g/mol. The summed E-state index contributed by atoms with van der Waals surface area (Å²) in [5, 5.41) is 7.64. The van der Waals surface area contributed by atoms with Crippen LogP contribution in [0.1, 0.15) is 124 Å². The number of benzene rings is 3. The molecule has 67 heavy (non-hydrogen) atoms. The third kappa shape index (κ3) is 10.8. The highest BCUT2D eigenvalue weighted by Crippen LogP contribution is 2.37. The molecule has 3 aliphatic rings. The van der Waals surface area contributed by atoms with Gasteiger partial charge in [0.05, 0.1) is 33.6 Å². The van der Waals surface area contributed by atoms with Crippen LogP contribution in [-0.4, -0.2) is 95.0 Å². The van der Waals surface area contributed by atoms with Crippen molar-refractivity contribution in [2.45, 2.75) is 102 Å². The number of imide groups is 2. The first-order chi connectivity index (χ1) is 31.9. The lowest BCUT2D eigenvalue weighted by molar-refractivity contribution is -0.138. The van der Waals surface area contributed by atoms with Gasteiger partial charge in [0.1, 0.15) is 11.9 Å². The molecule has 4 heterocycles. The summed E-state index contributed by atoms with van der Waals surface area (Å²) < 4.78 is 57.5. The van der Waals surface area contributed by atoms with Crippen molar-refractivity contribution in [3.05, 3.63) is 116 Å². The first-order valence-electron chi connectivity index (χ1n) is 22.6. The fraction of sp³-hybridized carbons (Fsp3) is 0.408. The largest absolute Gasteiger partial charge is 0.417 e. The summed E-state index contributed by atoms with van der Waals surface area (Å²) in [6.07, 6.45) is 2.56. The van der Waals surface area contributed by atoms with E-state index in [0.717, 1.165) is 61.3 Å². The fourth-order valence-corrected chi connectivity index (χ4v) is 9.08. The van der Waals surface area contributed by atoms with E-state index in [1.54, 1.807) is 24.3 Å². The number of anilines is 2. The second-order valence-corrected chi connectivity index (χ2v) is 17.5. The second kappa shape index (κ2) is 20.4. The molecule has 18 heteroatoms. The number of H-pyrrole nitrogens is 1. The van der Waals surface area contributed by atoms with Gasteiger partial charge in [-0.3, -0.25) is 48.7 Å². The molecule has 0 radical (unpaired) electrons. The maximum Gasteiger partial charge on any atom is 0.417 e. The Kier molecular flexibility index (Phi) is 14.7. The molecular formula is C49H53F4N7O7. The first kappa shape index (κ1) is 48.2. The van der Waals surface area contributed by atoms with Crippen molar-refractivity contribution in [2.75, 3.05) is 36.9 Å². The molecular weight excluding hydrogens is 875 g/mol. The predicted molar refractivity (Wildman–Crippen MR) is 242 cm³/mol. The van der Waals surface area contributed by atoms with E-state index in [-0.39, 0.29) is 47.3 Å². The minimum absolute atomic E-state index is 0.0553. The van der Waals surface area contributed by atoms with Crippen LogP contribution in [0.3, 0.4) is 0 Å². The van der Waals surface area contributed by atoms with E-state index in [1.807, 2.05) is 31.9 Å². The molecule has 354 valence electrons. The Bertz CT molecular complexity index is 2640. The normalized spacial score (nSPS) is 18.8. The van der Waals surface area contributed by atoms with Gasteiger partial charge in [-0.05, 0) is 88.0 Å². The lowest BCUT2D eigenvalue weighted by Gasteiger charge is -2.44. The average molecular weight is 928 g/mol. The second-order valence-electron chi connectivity index (χ2n) is 17.5. The van der Waals surface area contributed by atoms with Crippen molar-refractivity contribution in [1.29, 1.82) is 0 Å². The number of carbonyl (C=O) groups excluding carboxylic acids is 6. The Hall–Kier alpha value is -6.69. The molecule has 2 saturated heterocycles. The highest BCUT2D eigenvalue weighted by molar-refractivity contribution is 6.24. The number of alkyl halides is 3. The number of fused-ring (bicyclic) bond motifs is 1. The van der Waals surface area contributed by atoms with Gasteiger partial charge in [-0.1, -0.05) is 56.4 Å². The summed E-state index contributed by atoms with van der Waals surface area (Å²) in [6.45, 7) is 5.52. The summed E-state index contributed by atoms with van der Waals surface area (Å²) in [5.74, 6) is -4.39. The van der Waals surface area contributed by atoms with Crippen LogP contribution < -0.4 is 26.4 Å². The van der Waals surface area contributed by atoms with Gasteiger partial charge in [-0.25, -0.2) is 4.39 Å². The Morgan fingerprint density at radius 2 is 1.51 bits per heavy atom. The Labute approximate surface area is 384 Å². The van der Waals surface area contributed by atoms with E-state index >= 15 is 4.39 Å². The number of likely N-dealkylation sites (N-methyl/N-ethyl adjacent to an activating group) is 1. The number of aromatic nitrogens is 1. The van der Waals surface area contributed by atoms with Gasteiger partial charge in [0.2, 0.25) is 17.4 Å². The molecule has 4 aromatic rings. The third-order valence-corrected chi connectivity index (χ3v) is 12.9. The van der Waals surface area contributed by atoms with Gasteiger partial charge in [0.15, 0.2) is 0 Å². The molecule has 7 rings (SSSR count). The molecule has 0 spiro atoms. The van der Waals surface area contributed by atoms with Gasteiger partial charge in [0.25, 0.3) is 23.6 Å². The smallest absolute Gasteiger partial charge is 0.367 e. The molecule has 1 aromatic heterocycles. The molecule has 14 nitrogen and oxygen atoms in total. The van der Waals surface area contributed by atoms with Gasteiger partial charge in [-0.15, -0.1) is 0 Å². The number of hydrogen-bond acceptors (Lipinski definition) is 9. The number of piperazine rings is 1. The molecule has 3 atom stereocenters. The van der Waals surface area contributed by atoms with E-state index in [1.165, 1.54) is 18.2 Å². The molecule has 0 saturated carbocycles. The number of pyridine rings is 1. The number of piperidine rings is 1. The SMILES string of the molecule is C[C@@H]1CN(c2ccc(-c3ccc(C(=O)NCCCCCCCCCc4cccc5c4C(=O)N(C4CCC(=O)NC4=O)C5=O)cc3F)cc2NC(=O)c2c[nH]c(=O)cc2C(F)(F)F)C[C@H](C)N1C. The fourth-order valence-electron chi connectivity index (χ4n) is 9.08. The number of nitrogens with one attached hydrogen (secondary N) is 4. The Balaban J connectivity index is 0.896. The molecule has 3 aromatic carbocycles. The highest BCUT2D eigenvalue weighted by atomic mass is 19.4.